The Morgan fingerprint density at radius 2 is 1.12 bits per heavy atom. The van der Waals surface area contributed by atoms with Crippen LogP contribution in [0.3, 0.4) is 0 Å². The van der Waals surface area contributed by atoms with Crippen LogP contribution in [0.4, 0.5) is 0 Å². The van der Waals surface area contributed by atoms with Gasteiger partial charge in [-0.25, -0.2) is 4.98 Å². The van der Waals surface area contributed by atoms with E-state index in [1.807, 2.05) is 78.9 Å². The molecule has 3 nitrogen and oxygen atoms in total. The van der Waals surface area contributed by atoms with E-state index in [1.54, 1.807) is 11.8 Å². The maximum Gasteiger partial charge on any atom is 0.182 e. The lowest BCUT2D eigenvalue weighted by Crippen LogP contribution is -1.98. The van der Waals surface area contributed by atoms with Crippen LogP contribution in [0.25, 0.3) is 22.6 Å². The number of rotatable bonds is 4. The van der Waals surface area contributed by atoms with Crippen LogP contribution in [0.2, 0.25) is 0 Å². The van der Waals surface area contributed by atoms with Crippen molar-refractivity contribution in [1.29, 1.82) is 0 Å². The minimum atomic E-state index is 0.638. The number of hydrogen-bond donors (Lipinski definition) is 0. The van der Waals surface area contributed by atoms with Gasteiger partial charge in [0.15, 0.2) is 5.82 Å². The zero-order valence-electron chi connectivity index (χ0n) is 13.4. The van der Waals surface area contributed by atoms with Crippen LogP contribution in [0.5, 0.6) is 0 Å². The second-order valence-electron chi connectivity index (χ2n) is 5.44. The van der Waals surface area contributed by atoms with Crippen LogP contribution < -0.4 is 0 Å². The maximum absolute atomic E-state index is 4.80. The first-order chi connectivity index (χ1) is 12.4. The van der Waals surface area contributed by atoms with Crippen LogP contribution in [0.15, 0.2) is 101 Å². The van der Waals surface area contributed by atoms with Crippen molar-refractivity contribution in [2.45, 2.75) is 9.92 Å². The molecule has 0 spiro atoms. The zero-order chi connectivity index (χ0) is 16.9. The molecule has 0 aliphatic rings. The summed E-state index contributed by atoms with van der Waals surface area (Å²) in [5.41, 5.74) is 2.78. The summed E-state index contributed by atoms with van der Waals surface area (Å²) < 4.78 is 0. The third-order valence-electron chi connectivity index (χ3n) is 3.69. The highest BCUT2D eigenvalue weighted by Gasteiger charge is 2.13. The summed E-state index contributed by atoms with van der Waals surface area (Å²) in [7, 11) is 0. The van der Waals surface area contributed by atoms with Gasteiger partial charge in [0, 0.05) is 16.0 Å². The predicted molar refractivity (Wildman–Crippen MR) is 101 cm³/mol. The second-order valence-corrected chi connectivity index (χ2v) is 6.50. The first-order valence-corrected chi connectivity index (χ1v) is 8.80. The van der Waals surface area contributed by atoms with Crippen LogP contribution in [0.1, 0.15) is 0 Å². The molecule has 0 aliphatic carbocycles. The number of nitrogens with zero attached hydrogens (tertiary/aromatic N) is 3. The van der Waals surface area contributed by atoms with Gasteiger partial charge in [0.1, 0.15) is 10.7 Å². The molecule has 120 valence electrons. The van der Waals surface area contributed by atoms with E-state index in [4.69, 9.17) is 4.98 Å². The highest BCUT2D eigenvalue weighted by Crippen LogP contribution is 2.33. The van der Waals surface area contributed by atoms with E-state index in [2.05, 4.69) is 22.3 Å². The standard InChI is InChI=1S/C21H15N3S/c1-4-10-16(11-5-1)19-21(25-18-14-8-3-9-15-18)22-20(24-23-19)17-12-6-2-7-13-17/h1-15H. The van der Waals surface area contributed by atoms with Gasteiger partial charge in [0.2, 0.25) is 0 Å². The average Bonchev–Trinajstić information content (AvgIpc) is 2.70. The van der Waals surface area contributed by atoms with Gasteiger partial charge in [0.05, 0.1) is 0 Å². The fraction of sp³-hybridized carbons (Fsp3) is 0. The summed E-state index contributed by atoms with van der Waals surface area (Å²) in [5.74, 6) is 0.638. The zero-order valence-corrected chi connectivity index (χ0v) is 14.2. The van der Waals surface area contributed by atoms with E-state index in [9.17, 15) is 0 Å². The first kappa shape index (κ1) is 15.5. The summed E-state index contributed by atoms with van der Waals surface area (Å²) in [4.78, 5) is 5.93. The molecule has 0 saturated heterocycles. The highest BCUT2D eigenvalue weighted by molar-refractivity contribution is 7.99. The van der Waals surface area contributed by atoms with Crippen molar-refractivity contribution in [3.8, 4) is 22.6 Å². The van der Waals surface area contributed by atoms with E-state index >= 15 is 0 Å². The van der Waals surface area contributed by atoms with Crippen LogP contribution in [-0.2, 0) is 0 Å². The number of aromatic nitrogens is 3. The summed E-state index contributed by atoms with van der Waals surface area (Å²) >= 11 is 1.60. The van der Waals surface area contributed by atoms with Gasteiger partial charge >= 0.3 is 0 Å². The SMILES string of the molecule is c1ccc(Sc2nc(-c3ccccc3)nnc2-c2ccccc2)cc1. The minimum absolute atomic E-state index is 0.638. The molecule has 3 aromatic carbocycles. The lowest BCUT2D eigenvalue weighted by molar-refractivity contribution is 0.924. The van der Waals surface area contributed by atoms with Gasteiger partial charge in [0.25, 0.3) is 0 Å². The van der Waals surface area contributed by atoms with E-state index in [1.165, 1.54) is 0 Å². The summed E-state index contributed by atoms with van der Waals surface area (Å²) in [6, 6.07) is 30.2. The van der Waals surface area contributed by atoms with E-state index in [0.29, 0.717) is 5.82 Å². The first-order valence-electron chi connectivity index (χ1n) is 7.98. The van der Waals surface area contributed by atoms with Crippen molar-refractivity contribution in [1.82, 2.24) is 15.2 Å². The Morgan fingerprint density at radius 1 is 0.560 bits per heavy atom. The van der Waals surface area contributed by atoms with Crippen molar-refractivity contribution in [3.63, 3.8) is 0 Å². The molecule has 0 bridgehead atoms. The Bertz CT molecular complexity index is 958. The van der Waals surface area contributed by atoms with Gasteiger partial charge in [-0.1, -0.05) is 90.6 Å². The van der Waals surface area contributed by atoms with Crippen LogP contribution >= 0.6 is 11.8 Å². The average molecular weight is 341 g/mol. The van der Waals surface area contributed by atoms with Crippen molar-refractivity contribution >= 4 is 11.8 Å². The van der Waals surface area contributed by atoms with E-state index in [-0.39, 0.29) is 0 Å². The Hall–Kier alpha value is -2.98. The van der Waals surface area contributed by atoms with Crippen LogP contribution in [-0.4, -0.2) is 15.2 Å². The topological polar surface area (TPSA) is 38.7 Å². The van der Waals surface area contributed by atoms with Gasteiger partial charge in [-0.15, -0.1) is 10.2 Å². The summed E-state index contributed by atoms with van der Waals surface area (Å²) in [5, 5.41) is 9.69. The summed E-state index contributed by atoms with van der Waals surface area (Å²) in [6.45, 7) is 0. The molecule has 4 heteroatoms. The highest BCUT2D eigenvalue weighted by atomic mass is 32.2. The number of benzene rings is 3. The molecule has 0 saturated carbocycles. The smallest absolute Gasteiger partial charge is 0.182 e. The molecule has 1 heterocycles. The fourth-order valence-electron chi connectivity index (χ4n) is 2.47. The third-order valence-corrected chi connectivity index (χ3v) is 4.68. The molecule has 0 unspecified atom stereocenters. The van der Waals surface area contributed by atoms with Crippen molar-refractivity contribution < 1.29 is 0 Å². The van der Waals surface area contributed by atoms with Crippen molar-refractivity contribution in [2.75, 3.05) is 0 Å². The van der Waals surface area contributed by atoms with Gasteiger partial charge in [-0.05, 0) is 12.1 Å². The monoisotopic (exact) mass is 341 g/mol. The molecule has 1 aromatic heterocycles. The largest absolute Gasteiger partial charge is 0.217 e. The lowest BCUT2D eigenvalue weighted by Gasteiger charge is -2.09. The summed E-state index contributed by atoms with van der Waals surface area (Å²) in [6.07, 6.45) is 0. The van der Waals surface area contributed by atoms with Crippen molar-refractivity contribution in [2.24, 2.45) is 0 Å². The fourth-order valence-corrected chi connectivity index (χ4v) is 3.37. The second kappa shape index (κ2) is 7.28. The molecule has 25 heavy (non-hydrogen) atoms. The number of hydrogen-bond acceptors (Lipinski definition) is 4. The molecule has 4 rings (SSSR count). The normalized spacial score (nSPS) is 10.6. The molecule has 0 aliphatic heterocycles. The predicted octanol–water partition coefficient (Wildman–Crippen LogP) is 5.36. The Kier molecular flexibility index (Phi) is 4.53. The van der Waals surface area contributed by atoms with Crippen molar-refractivity contribution in [3.05, 3.63) is 91.0 Å². The molecule has 4 aromatic rings. The minimum Gasteiger partial charge on any atom is -0.217 e. The van der Waals surface area contributed by atoms with Gasteiger partial charge in [-0.2, -0.15) is 0 Å². The maximum atomic E-state index is 4.80. The molecular weight excluding hydrogens is 326 g/mol. The Balaban J connectivity index is 1.81. The van der Waals surface area contributed by atoms with Gasteiger partial charge < -0.3 is 0 Å². The Labute approximate surface area is 150 Å². The Morgan fingerprint density at radius 3 is 1.76 bits per heavy atom. The molecule has 0 fully saturated rings. The lowest BCUT2D eigenvalue weighted by atomic mass is 10.2. The van der Waals surface area contributed by atoms with Gasteiger partial charge in [-0.3, -0.25) is 0 Å². The molecular formula is C21H15N3S. The third kappa shape index (κ3) is 3.59. The molecule has 0 radical (unpaired) electrons. The van der Waals surface area contributed by atoms with Crippen LogP contribution in [0, 0.1) is 0 Å². The quantitative estimate of drug-likeness (QED) is 0.501. The molecule has 0 amide bonds. The van der Waals surface area contributed by atoms with E-state index in [0.717, 1.165) is 26.7 Å². The molecule has 0 N–H and O–H groups in total. The molecule has 0 atom stereocenters. The van der Waals surface area contributed by atoms with E-state index < -0.39 is 0 Å².